The molecule has 26 heavy (non-hydrogen) atoms. The summed E-state index contributed by atoms with van der Waals surface area (Å²) < 4.78 is 15.8. The van der Waals surface area contributed by atoms with Gasteiger partial charge in [-0.2, -0.15) is 0 Å². The highest BCUT2D eigenvalue weighted by atomic mass is 16.5. The van der Waals surface area contributed by atoms with E-state index in [9.17, 15) is 9.59 Å². The lowest BCUT2D eigenvalue weighted by Crippen LogP contribution is -2.22. The minimum atomic E-state index is -0.403. The third-order valence-corrected chi connectivity index (χ3v) is 3.90. The van der Waals surface area contributed by atoms with Crippen LogP contribution in [0.3, 0.4) is 0 Å². The van der Waals surface area contributed by atoms with Crippen molar-refractivity contribution in [3.05, 3.63) is 47.0 Å². The number of carbonyl (C=O) groups is 2. The van der Waals surface area contributed by atoms with Crippen LogP contribution in [0.5, 0.6) is 17.2 Å². The molecule has 138 valence electrons. The molecule has 2 N–H and O–H groups in total. The second kappa shape index (κ2) is 8.24. The van der Waals surface area contributed by atoms with E-state index in [0.717, 1.165) is 5.56 Å². The van der Waals surface area contributed by atoms with E-state index in [1.54, 1.807) is 44.3 Å². The van der Waals surface area contributed by atoms with Crippen molar-refractivity contribution in [2.45, 2.75) is 6.92 Å². The number of carbonyl (C=O) groups excluding carboxylic acids is 2. The van der Waals surface area contributed by atoms with E-state index in [1.165, 1.54) is 21.3 Å². The van der Waals surface area contributed by atoms with Gasteiger partial charge in [0.05, 0.1) is 32.6 Å². The van der Waals surface area contributed by atoms with Crippen molar-refractivity contribution in [3.63, 3.8) is 0 Å². The Labute approximate surface area is 152 Å². The van der Waals surface area contributed by atoms with E-state index in [4.69, 9.17) is 14.2 Å². The largest absolute Gasteiger partial charge is 0.493 e. The van der Waals surface area contributed by atoms with Crippen LogP contribution in [0.15, 0.2) is 30.3 Å². The number of nitrogens with one attached hydrogen (secondary N) is 2. The number of ether oxygens (including phenoxy) is 3. The fourth-order valence-corrected chi connectivity index (χ4v) is 2.60. The molecule has 2 rings (SSSR count). The van der Waals surface area contributed by atoms with Gasteiger partial charge in [-0.25, -0.2) is 0 Å². The van der Waals surface area contributed by atoms with Gasteiger partial charge in [-0.05, 0) is 30.7 Å². The molecule has 0 unspecified atom stereocenters. The van der Waals surface area contributed by atoms with Crippen LogP contribution in [0.2, 0.25) is 0 Å². The van der Waals surface area contributed by atoms with Crippen molar-refractivity contribution in [1.82, 2.24) is 5.32 Å². The molecule has 0 saturated heterocycles. The third kappa shape index (κ3) is 3.72. The Morgan fingerprint density at radius 3 is 2.04 bits per heavy atom. The van der Waals surface area contributed by atoms with Crippen molar-refractivity contribution in [2.24, 2.45) is 0 Å². The van der Waals surface area contributed by atoms with Crippen molar-refractivity contribution in [3.8, 4) is 17.2 Å². The lowest BCUT2D eigenvalue weighted by molar-refractivity contribution is 0.0963. The van der Waals surface area contributed by atoms with Gasteiger partial charge in [-0.15, -0.1) is 0 Å². The molecule has 0 aliphatic rings. The summed E-state index contributed by atoms with van der Waals surface area (Å²) in [5.41, 5.74) is 1.90. The molecule has 0 bridgehead atoms. The number of amides is 2. The van der Waals surface area contributed by atoms with E-state index in [1.807, 2.05) is 0 Å². The lowest BCUT2D eigenvalue weighted by atomic mass is 10.1. The Bertz CT molecular complexity index is 808. The zero-order valence-corrected chi connectivity index (χ0v) is 15.4. The first-order chi connectivity index (χ1) is 12.5. The van der Waals surface area contributed by atoms with E-state index in [2.05, 4.69) is 10.6 Å². The van der Waals surface area contributed by atoms with Gasteiger partial charge >= 0.3 is 0 Å². The Kier molecular flexibility index (Phi) is 6.06. The van der Waals surface area contributed by atoms with Gasteiger partial charge in [0.1, 0.15) is 0 Å². The van der Waals surface area contributed by atoms with Crippen LogP contribution in [0.4, 0.5) is 5.69 Å². The van der Waals surface area contributed by atoms with Gasteiger partial charge < -0.3 is 24.8 Å². The first-order valence-electron chi connectivity index (χ1n) is 7.89. The molecule has 0 spiro atoms. The van der Waals surface area contributed by atoms with Crippen LogP contribution < -0.4 is 24.8 Å². The number of methoxy groups -OCH3 is 3. The zero-order valence-electron chi connectivity index (χ0n) is 15.4. The number of aryl methyl sites for hydroxylation is 1. The number of hydrogen-bond donors (Lipinski definition) is 2. The summed E-state index contributed by atoms with van der Waals surface area (Å²) in [5, 5.41) is 5.35. The summed E-state index contributed by atoms with van der Waals surface area (Å²) in [6.07, 6.45) is 0. The molecule has 0 aliphatic carbocycles. The number of benzene rings is 2. The highest BCUT2D eigenvalue weighted by Gasteiger charge is 2.19. The zero-order chi connectivity index (χ0) is 19.3. The smallest absolute Gasteiger partial charge is 0.255 e. The van der Waals surface area contributed by atoms with Crippen LogP contribution in [-0.2, 0) is 0 Å². The molecule has 2 amide bonds. The highest BCUT2D eigenvalue weighted by Crippen LogP contribution is 2.38. The maximum Gasteiger partial charge on any atom is 0.255 e. The number of anilines is 1. The molecule has 2 aromatic carbocycles. The fraction of sp³-hybridized carbons (Fsp3) is 0.263. The predicted octanol–water partition coefficient (Wildman–Crippen LogP) is 2.63. The van der Waals surface area contributed by atoms with Gasteiger partial charge in [-0.3, -0.25) is 9.59 Å². The normalized spacial score (nSPS) is 10.0. The molecule has 0 aromatic heterocycles. The molecule has 0 atom stereocenters. The first-order valence-corrected chi connectivity index (χ1v) is 7.89. The van der Waals surface area contributed by atoms with E-state index in [-0.39, 0.29) is 5.91 Å². The van der Waals surface area contributed by atoms with Gasteiger partial charge in [-0.1, -0.05) is 12.1 Å². The van der Waals surface area contributed by atoms with Crippen molar-refractivity contribution < 1.29 is 23.8 Å². The van der Waals surface area contributed by atoms with E-state index >= 15 is 0 Å². The lowest BCUT2D eigenvalue weighted by Gasteiger charge is -2.15. The molecule has 7 nitrogen and oxygen atoms in total. The topological polar surface area (TPSA) is 85.9 Å². The Balaban J connectivity index is 2.43. The maximum absolute atomic E-state index is 12.7. The summed E-state index contributed by atoms with van der Waals surface area (Å²) in [5.74, 6) is 0.456. The molecular weight excluding hydrogens is 336 g/mol. The predicted molar refractivity (Wildman–Crippen MR) is 98.6 cm³/mol. The molecule has 0 aliphatic heterocycles. The van der Waals surface area contributed by atoms with Gasteiger partial charge in [0.2, 0.25) is 5.75 Å². The first kappa shape index (κ1) is 19.1. The minimum absolute atomic E-state index is 0.275. The molecule has 0 radical (unpaired) electrons. The van der Waals surface area contributed by atoms with E-state index in [0.29, 0.717) is 34.1 Å². The summed E-state index contributed by atoms with van der Waals surface area (Å²) in [7, 11) is 5.98. The van der Waals surface area contributed by atoms with E-state index < -0.39 is 5.91 Å². The highest BCUT2D eigenvalue weighted by molar-refractivity contribution is 6.10. The summed E-state index contributed by atoms with van der Waals surface area (Å²) in [6.45, 7) is 1.81. The Morgan fingerprint density at radius 1 is 0.923 bits per heavy atom. The Morgan fingerprint density at radius 2 is 1.54 bits per heavy atom. The summed E-state index contributed by atoms with van der Waals surface area (Å²) >= 11 is 0. The van der Waals surface area contributed by atoms with Gasteiger partial charge in [0.25, 0.3) is 11.8 Å². The van der Waals surface area contributed by atoms with Crippen molar-refractivity contribution in [2.75, 3.05) is 33.7 Å². The van der Waals surface area contributed by atoms with Crippen LogP contribution >= 0.6 is 0 Å². The summed E-state index contributed by atoms with van der Waals surface area (Å²) in [4.78, 5) is 24.9. The van der Waals surface area contributed by atoms with Crippen molar-refractivity contribution >= 4 is 17.5 Å². The monoisotopic (exact) mass is 358 g/mol. The molecule has 0 saturated carbocycles. The van der Waals surface area contributed by atoms with Crippen LogP contribution in [0.25, 0.3) is 0 Å². The third-order valence-electron chi connectivity index (χ3n) is 3.90. The van der Waals surface area contributed by atoms with Gasteiger partial charge in [0, 0.05) is 12.6 Å². The minimum Gasteiger partial charge on any atom is -0.493 e. The maximum atomic E-state index is 12.7. The Hall–Kier alpha value is -3.22. The number of rotatable bonds is 6. The van der Waals surface area contributed by atoms with Crippen molar-refractivity contribution in [1.29, 1.82) is 0 Å². The second-order valence-electron chi connectivity index (χ2n) is 5.44. The average Bonchev–Trinajstić information content (AvgIpc) is 2.66. The number of hydrogen-bond acceptors (Lipinski definition) is 5. The SMILES string of the molecule is CNC(=O)c1c(C)cccc1NC(=O)c1cc(OC)c(OC)c(OC)c1. The quantitative estimate of drug-likeness (QED) is 0.829. The molecular formula is C19H22N2O5. The second-order valence-corrected chi connectivity index (χ2v) is 5.44. The van der Waals surface area contributed by atoms with Gasteiger partial charge in [0.15, 0.2) is 11.5 Å². The van der Waals surface area contributed by atoms with Crippen LogP contribution in [-0.4, -0.2) is 40.2 Å². The van der Waals surface area contributed by atoms with Crippen LogP contribution in [0, 0.1) is 6.92 Å². The molecule has 7 heteroatoms. The fourth-order valence-electron chi connectivity index (χ4n) is 2.60. The summed E-state index contributed by atoms with van der Waals surface area (Å²) in [6, 6.07) is 8.35. The average molecular weight is 358 g/mol. The van der Waals surface area contributed by atoms with Crippen LogP contribution in [0.1, 0.15) is 26.3 Å². The molecule has 0 heterocycles. The molecule has 2 aromatic rings. The molecule has 0 fully saturated rings. The standard InChI is InChI=1S/C19H22N2O5/c1-11-7-6-8-13(16(11)19(23)20-2)21-18(22)12-9-14(24-3)17(26-5)15(10-12)25-4/h6-10H,1-5H3,(H,20,23)(H,21,22).